The van der Waals surface area contributed by atoms with Gasteiger partial charge in [-0.2, -0.15) is 0 Å². The quantitative estimate of drug-likeness (QED) is 0.428. The van der Waals surface area contributed by atoms with Gasteiger partial charge in [0.1, 0.15) is 5.56 Å². The maximum atomic E-state index is 12.7. The Hall–Kier alpha value is -1.33. The summed E-state index contributed by atoms with van der Waals surface area (Å²) in [4.78, 5) is 24.8. The van der Waals surface area contributed by atoms with Crippen molar-refractivity contribution in [3.05, 3.63) is 38.9 Å². The van der Waals surface area contributed by atoms with Crippen LogP contribution in [-0.4, -0.2) is 34.2 Å². The van der Waals surface area contributed by atoms with E-state index in [4.69, 9.17) is 23.2 Å². The van der Waals surface area contributed by atoms with Gasteiger partial charge in [0.25, 0.3) is 11.6 Å². The van der Waals surface area contributed by atoms with Crippen molar-refractivity contribution >= 4 is 34.8 Å². The molecule has 1 amide bonds. The van der Waals surface area contributed by atoms with Crippen molar-refractivity contribution in [2.75, 3.05) is 12.4 Å². The summed E-state index contributed by atoms with van der Waals surface area (Å²) >= 11 is 11.8. The third-order valence-corrected chi connectivity index (χ3v) is 3.86. The van der Waals surface area contributed by atoms with Gasteiger partial charge < -0.3 is 4.90 Å². The van der Waals surface area contributed by atoms with E-state index in [0.717, 1.165) is 12.8 Å². The number of hydrogen-bond acceptors (Lipinski definition) is 3. The van der Waals surface area contributed by atoms with Crippen LogP contribution >= 0.6 is 23.2 Å². The van der Waals surface area contributed by atoms with E-state index in [9.17, 15) is 14.9 Å². The SMILES string of the molecule is CCC(CC)N(CCCl)C(=O)c1c(Cl)cccc1[N+](=O)[O-]. The van der Waals surface area contributed by atoms with E-state index in [1.807, 2.05) is 13.8 Å². The van der Waals surface area contributed by atoms with Gasteiger partial charge in [0.2, 0.25) is 0 Å². The molecular formula is C14H18Cl2N2O3. The Morgan fingerprint density at radius 1 is 1.38 bits per heavy atom. The Kier molecular flexibility index (Phi) is 6.92. The molecule has 5 nitrogen and oxygen atoms in total. The Morgan fingerprint density at radius 3 is 2.48 bits per heavy atom. The van der Waals surface area contributed by atoms with Crippen molar-refractivity contribution in [1.82, 2.24) is 4.90 Å². The van der Waals surface area contributed by atoms with Crippen LogP contribution in [0.15, 0.2) is 18.2 Å². The van der Waals surface area contributed by atoms with Gasteiger partial charge in [-0.1, -0.05) is 31.5 Å². The molecule has 0 fully saturated rings. The monoisotopic (exact) mass is 332 g/mol. The minimum atomic E-state index is -0.592. The molecule has 0 unspecified atom stereocenters. The minimum Gasteiger partial charge on any atom is -0.334 e. The summed E-state index contributed by atoms with van der Waals surface area (Å²) in [6, 6.07) is 4.20. The van der Waals surface area contributed by atoms with E-state index in [2.05, 4.69) is 0 Å². The normalized spacial score (nSPS) is 10.7. The molecule has 0 aromatic heterocycles. The predicted octanol–water partition coefficient (Wildman–Crippen LogP) is 4.12. The van der Waals surface area contributed by atoms with E-state index in [1.165, 1.54) is 18.2 Å². The average Bonchev–Trinajstić information content (AvgIpc) is 2.46. The first kappa shape index (κ1) is 17.7. The Morgan fingerprint density at radius 2 is 2.00 bits per heavy atom. The lowest BCUT2D eigenvalue weighted by molar-refractivity contribution is -0.385. The molecule has 1 aromatic rings. The third-order valence-electron chi connectivity index (χ3n) is 3.37. The molecule has 0 saturated carbocycles. The standard InChI is InChI=1S/C14H18Cl2N2O3/c1-3-10(4-2)17(9-8-15)14(19)13-11(16)6-5-7-12(13)18(20)21/h5-7,10H,3-4,8-9H2,1-2H3. The Bertz CT molecular complexity index is 519. The molecule has 21 heavy (non-hydrogen) atoms. The van der Waals surface area contributed by atoms with E-state index in [0.29, 0.717) is 6.54 Å². The average molecular weight is 333 g/mol. The topological polar surface area (TPSA) is 63.5 Å². The van der Waals surface area contributed by atoms with Crippen LogP contribution < -0.4 is 0 Å². The maximum Gasteiger partial charge on any atom is 0.283 e. The van der Waals surface area contributed by atoms with Crippen molar-refractivity contribution in [3.63, 3.8) is 0 Å². The molecule has 1 rings (SSSR count). The van der Waals surface area contributed by atoms with Crippen LogP contribution in [0.4, 0.5) is 5.69 Å². The van der Waals surface area contributed by atoms with E-state index < -0.39 is 10.8 Å². The van der Waals surface area contributed by atoms with Gasteiger partial charge in [-0.3, -0.25) is 14.9 Å². The number of alkyl halides is 1. The largest absolute Gasteiger partial charge is 0.334 e. The first-order valence-corrected chi connectivity index (χ1v) is 7.68. The van der Waals surface area contributed by atoms with Crippen molar-refractivity contribution in [2.45, 2.75) is 32.7 Å². The zero-order valence-corrected chi connectivity index (χ0v) is 13.5. The highest BCUT2D eigenvalue weighted by atomic mass is 35.5. The Balaban J connectivity index is 3.29. The van der Waals surface area contributed by atoms with Crippen molar-refractivity contribution < 1.29 is 9.72 Å². The number of nitrogens with zero attached hydrogens (tertiary/aromatic N) is 2. The number of nitro benzene ring substituents is 1. The summed E-state index contributed by atoms with van der Waals surface area (Å²) < 4.78 is 0. The Labute approximate surface area is 134 Å². The number of hydrogen-bond donors (Lipinski definition) is 0. The lowest BCUT2D eigenvalue weighted by atomic mass is 10.1. The molecule has 0 radical (unpaired) electrons. The highest BCUT2D eigenvalue weighted by Gasteiger charge is 2.30. The van der Waals surface area contributed by atoms with Gasteiger partial charge in [0.05, 0.1) is 9.95 Å². The number of carbonyl (C=O) groups is 1. The fraction of sp³-hybridized carbons (Fsp3) is 0.500. The molecule has 0 aliphatic heterocycles. The van der Waals surface area contributed by atoms with Gasteiger partial charge in [-0.25, -0.2) is 0 Å². The molecule has 7 heteroatoms. The van der Waals surface area contributed by atoms with Crippen molar-refractivity contribution in [3.8, 4) is 0 Å². The molecule has 1 aromatic carbocycles. The fourth-order valence-corrected chi connectivity index (χ4v) is 2.72. The second-order valence-electron chi connectivity index (χ2n) is 4.55. The van der Waals surface area contributed by atoms with Gasteiger partial charge in [0, 0.05) is 24.5 Å². The van der Waals surface area contributed by atoms with Gasteiger partial charge >= 0.3 is 0 Å². The van der Waals surface area contributed by atoms with Gasteiger partial charge in [0.15, 0.2) is 0 Å². The number of benzene rings is 1. The summed E-state index contributed by atoms with van der Waals surface area (Å²) in [5.41, 5.74) is -0.348. The number of nitro groups is 1. The van der Waals surface area contributed by atoms with Crippen LogP contribution in [0.1, 0.15) is 37.0 Å². The molecule has 0 saturated heterocycles. The number of carbonyl (C=O) groups excluding carboxylic acids is 1. The molecule has 0 heterocycles. The molecule has 0 atom stereocenters. The highest BCUT2D eigenvalue weighted by molar-refractivity contribution is 6.34. The number of halogens is 2. The van der Waals surface area contributed by atoms with Crippen LogP contribution in [0.2, 0.25) is 5.02 Å². The summed E-state index contributed by atoms with van der Waals surface area (Å²) in [6.45, 7) is 4.25. The van der Waals surface area contributed by atoms with E-state index in [-0.39, 0.29) is 28.2 Å². The highest BCUT2D eigenvalue weighted by Crippen LogP contribution is 2.28. The summed E-state index contributed by atoms with van der Waals surface area (Å²) in [5.74, 6) is -0.179. The van der Waals surface area contributed by atoms with E-state index >= 15 is 0 Å². The smallest absolute Gasteiger partial charge is 0.283 e. The lowest BCUT2D eigenvalue weighted by Crippen LogP contribution is -2.41. The fourth-order valence-electron chi connectivity index (χ4n) is 2.29. The van der Waals surface area contributed by atoms with Crippen molar-refractivity contribution in [2.24, 2.45) is 0 Å². The molecular weight excluding hydrogens is 315 g/mol. The second-order valence-corrected chi connectivity index (χ2v) is 5.33. The third kappa shape index (κ3) is 4.08. The van der Waals surface area contributed by atoms with Crippen LogP contribution in [0.3, 0.4) is 0 Å². The van der Waals surface area contributed by atoms with Crippen LogP contribution in [0, 0.1) is 10.1 Å². The zero-order chi connectivity index (χ0) is 16.0. The maximum absolute atomic E-state index is 12.7. The molecule has 0 aliphatic rings. The summed E-state index contributed by atoms with van der Waals surface area (Å²) in [6.07, 6.45) is 1.49. The van der Waals surface area contributed by atoms with Crippen LogP contribution in [-0.2, 0) is 0 Å². The predicted molar refractivity (Wildman–Crippen MR) is 84.2 cm³/mol. The minimum absolute atomic E-state index is 0.0212. The molecule has 0 N–H and O–H groups in total. The second kappa shape index (κ2) is 8.20. The van der Waals surface area contributed by atoms with Crippen LogP contribution in [0.25, 0.3) is 0 Å². The number of rotatable bonds is 7. The van der Waals surface area contributed by atoms with Gasteiger partial charge in [-0.15, -0.1) is 11.6 Å². The first-order chi connectivity index (χ1) is 9.97. The molecule has 0 aliphatic carbocycles. The molecule has 116 valence electrons. The molecule has 0 bridgehead atoms. The van der Waals surface area contributed by atoms with Gasteiger partial charge in [-0.05, 0) is 18.9 Å². The molecule has 0 spiro atoms. The zero-order valence-electron chi connectivity index (χ0n) is 12.0. The first-order valence-electron chi connectivity index (χ1n) is 6.77. The lowest BCUT2D eigenvalue weighted by Gasteiger charge is -2.30. The van der Waals surface area contributed by atoms with Crippen LogP contribution in [0.5, 0.6) is 0 Å². The van der Waals surface area contributed by atoms with Crippen molar-refractivity contribution in [1.29, 1.82) is 0 Å². The number of amides is 1. The van der Waals surface area contributed by atoms with E-state index in [1.54, 1.807) is 4.90 Å². The summed E-state index contributed by atoms with van der Waals surface area (Å²) in [5, 5.41) is 11.2. The summed E-state index contributed by atoms with van der Waals surface area (Å²) in [7, 11) is 0.